The van der Waals surface area contributed by atoms with Gasteiger partial charge in [0.2, 0.25) is 0 Å². The average Bonchev–Trinajstić information content (AvgIpc) is 2.81. The minimum Gasteiger partial charge on any atom is -0.560 e. The second-order valence-electron chi connectivity index (χ2n) is 5.63. The van der Waals surface area contributed by atoms with Crippen molar-refractivity contribution in [1.82, 2.24) is 10.2 Å². The summed E-state index contributed by atoms with van der Waals surface area (Å²) in [6.07, 6.45) is 1.11. The maximum atomic E-state index is 12.1. The molecule has 130 valence electrons. The van der Waals surface area contributed by atoms with E-state index < -0.39 is 16.1 Å². The number of nitrogens with one attached hydrogen (secondary N) is 2. The third-order valence-corrected chi connectivity index (χ3v) is 4.83. The van der Waals surface area contributed by atoms with Crippen LogP contribution in [0.1, 0.15) is 25.8 Å². The fourth-order valence-corrected chi connectivity index (χ4v) is 3.11. The van der Waals surface area contributed by atoms with Crippen molar-refractivity contribution in [2.45, 2.75) is 31.6 Å². The van der Waals surface area contributed by atoms with Crippen LogP contribution < -0.4 is 5.32 Å². The summed E-state index contributed by atoms with van der Waals surface area (Å²) in [4.78, 5) is 25.3. The van der Waals surface area contributed by atoms with Crippen LogP contribution in [0.5, 0.6) is 0 Å². The Morgan fingerprint density at radius 3 is 2.42 bits per heavy atom. The number of amides is 3. The number of rotatable bonds is 5. The molecule has 0 saturated carbocycles. The van der Waals surface area contributed by atoms with E-state index in [1.54, 1.807) is 12.1 Å². The van der Waals surface area contributed by atoms with Gasteiger partial charge in [-0.15, -0.1) is 0 Å². The van der Waals surface area contributed by atoms with Gasteiger partial charge in [0.15, 0.2) is 0 Å². The van der Waals surface area contributed by atoms with Crippen molar-refractivity contribution in [2.75, 3.05) is 13.1 Å². The van der Waals surface area contributed by atoms with Gasteiger partial charge in [-0.1, -0.05) is 19.1 Å². The van der Waals surface area contributed by atoms with Gasteiger partial charge >= 0.3 is 6.03 Å². The first kappa shape index (κ1) is 18.2. The molecule has 24 heavy (non-hydrogen) atoms. The molecule has 0 spiro atoms. The lowest BCUT2D eigenvalue weighted by molar-refractivity contribution is -0.123. The third kappa shape index (κ3) is 4.01. The molecule has 8 heteroatoms. The number of nitrogens with zero attached hydrogens (tertiary/aromatic N) is 1. The van der Waals surface area contributed by atoms with Crippen molar-refractivity contribution < 1.29 is 18.0 Å². The summed E-state index contributed by atoms with van der Waals surface area (Å²) in [6.45, 7) is 4.39. The molecule has 0 radical (unpaired) electrons. The molecule has 1 aliphatic rings. The van der Waals surface area contributed by atoms with Crippen LogP contribution >= 0.6 is 0 Å². The summed E-state index contributed by atoms with van der Waals surface area (Å²) in [5.41, 5.74) is 2.45. The maximum Gasteiger partial charge on any atom is 0.324 e. The SMILES string of the molecule is CCC1=C(C)CN(C(=O)NCCc2ccc(S([NH-])(=O)=O)cc2)C1=O. The number of carbonyl (C=O) groups is 2. The summed E-state index contributed by atoms with van der Waals surface area (Å²) in [6, 6.07) is 5.52. The van der Waals surface area contributed by atoms with Crippen LogP contribution in [0.4, 0.5) is 4.79 Å². The van der Waals surface area contributed by atoms with E-state index in [-0.39, 0.29) is 10.8 Å². The minimum absolute atomic E-state index is 0.0633. The van der Waals surface area contributed by atoms with E-state index >= 15 is 0 Å². The zero-order chi connectivity index (χ0) is 17.9. The molecule has 1 aliphatic heterocycles. The molecule has 0 aliphatic carbocycles. The lowest BCUT2D eigenvalue weighted by Gasteiger charge is -2.16. The Kier molecular flexibility index (Phi) is 5.40. The smallest absolute Gasteiger partial charge is 0.324 e. The second-order valence-corrected chi connectivity index (χ2v) is 7.11. The number of imide groups is 1. The normalized spacial score (nSPS) is 15.1. The molecule has 2 rings (SSSR count). The van der Waals surface area contributed by atoms with Crippen molar-refractivity contribution in [1.29, 1.82) is 0 Å². The molecule has 0 bridgehead atoms. The average molecular weight is 350 g/mol. The Labute approximate surface area is 141 Å². The quantitative estimate of drug-likeness (QED) is 0.878. The van der Waals surface area contributed by atoms with Crippen LogP contribution in [0.3, 0.4) is 0 Å². The van der Waals surface area contributed by atoms with Crippen LogP contribution in [0, 0.1) is 0 Å². The molecule has 0 saturated heterocycles. The molecule has 1 aromatic carbocycles. The molecular formula is C16H20N3O4S-. The summed E-state index contributed by atoms with van der Waals surface area (Å²) in [5.74, 6) is -0.238. The lowest BCUT2D eigenvalue weighted by Crippen LogP contribution is -2.42. The Morgan fingerprint density at radius 1 is 1.29 bits per heavy atom. The summed E-state index contributed by atoms with van der Waals surface area (Å²) >= 11 is 0. The van der Waals surface area contributed by atoms with Crippen molar-refractivity contribution >= 4 is 22.0 Å². The number of hydrogen-bond acceptors (Lipinski definition) is 4. The van der Waals surface area contributed by atoms with Crippen molar-refractivity contribution in [3.05, 3.63) is 46.1 Å². The van der Waals surface area contributed by atoms with E-state index in [1.165, 1.54) is 17.0 Å². The number of urea groups is 1. The van der Waals surface area contributed by atoms with E-state index in [9.17, 15) is 18.0 Å². The van der Waals surface area contributed by atoms with Gasteiger partial charge in [-0.05, 0) is 43.0 Å². The monoisotopic (exact) mass is 350 g/mol. The summed E-state index contributed by atoms with van der Waals surface area (Å²) in [7, 11) is -3.95. The van der Waals surface area contributed by atoms with Crippen LogP contribution in [-0.2, 0) is 21.2 Å². The van der Waals surface area contributed by atoms with Gasteiger partial charge in [-0.2, -0.15) is 0 Å². The van der Waals surface area contributed by atoms with Crippen LogP contribution in [0.2, 0.25) is 0 Å². The Bertz CT molecular complexity index is 782. The Hall–Kier alpha value is -2.19. The van der Waals surface area contributed by atoms with E-state index in [0.29, 0.717) is 31.5 Å². The molecule has 2 N–H and O–H groups in total. The fourth-order valence-electron chi connectivity index (χ4n) is 2.61. The van der Waals surface area contributed by atoms with Gasteiger partial charge in [0, 0.05) is 17.0 Å². The van der Waals surface area contributed by atoms with Crippen LogP contribution in [-0.4, -0.2) is 38.3 Å². The van der Waals surface area contributed by atoms with Crippen molar-refractivity contribution in [2.24, 2.45) is 0 Å². The van der Waals surface area contributed by atoms with Crippen LogP contribution in [0.15, 0.2) is 40.3 Å². The maximum absolute atomic E-state index is 12.1. The molecule has 0 unspecified atom stereocenters. The number of benzene rings is 1. The minimum atomic E-state index is -3.95. The highest BCUT2D eigenvalue weighted by Crippen LogP contribution is 2.21. The zero-order valence-electron chi connectivity index (χ0n) is 13.6. The number of sulfonamides is 1. The molecule has 0 atom stereocenters. The van der Waals surface area contributed by atoms with Crippen molar-refractivity contribution in [3.63, 3.8) is 0 Å². The van der Waals surface area contributed by atoms with Crippen LogP contribution in [0.25, 0.3) is 5.14 Å². The van der Waals surface area contributed by atoms with Gasteiger partial charge in [-0.3, -0.25) is 9.69 Å². The first-order valence-corrected chi connectivity index (χ1v) is 9.09. The topological polar surface area (TPSA) is 107 Å². The highest BCUT2D eigenvalue weighted by Gasteiger charge is 2.31. The Morgan fingerprint density at radius 2 is 1.92 bits per heavy atom. The molecular weight excluding hydrogens is 330 g/mol. The largest absolute Gasteiger partial charge is 0.560 e. The predicted octanol–water partition coefficient (Wildman–Crippen LogP) is 2.25. The van der Waals surface area contributed by atoms with E-state index in [2.05, 4.69) is 5.32 Å². The highest BCUT2D eigenvalue weighted by molar-refractivity contribution is 7.93. The molecule has 0 aromatic heterocycles. The molecule has 7 nitrogen and oxygen atoms in total. The molecule has 0 fully saturated rings. The Balaban J connectivity index is 1.87. The second kappa shape index (κ2) is 7.14. The molecule has 3 amide bonds. The first-order valence-electron chi connectivity index (χ1n) is 7.61. The number of carbonyl (C=O) groups excluding carboxylic acids is 2. The highest BCUT2D eigenvalue weighted by atomic mass is 32.2. The van der Waals surface area contributed by atoms with Gasteiger partial charge in [0.1, 0.15) is 0 Å². The summed E-state index contributed by atoms with van der Waals surface area (Å²) < 4.78 is 22.1. The van der Waals surface area contributed by atoms with Gasteiger partial charge in [-0.25, -0.2) is 13.2 Å². The van der Waals surface area contributed by atoms with E-state index in [4.69, 9.17) is 5.14 Å². The predicted molar refractivity (Wildman–Crippen MR) is 89.8 cm³/mol. The van der Waals surface area contributed by atoms with Gasteiger partial charge in [0.25, 0.3) is 5.91 Å². The fraction of sp³-hybridized carbons (Fsp3) is 0.375. The van der Waals surface area contributed by atoms with Crippen molar-refractivity contribution in [3.8, 4) is 0 Å². The van der Waals surface area contributed by atoms with E-state index in [1.807, 2.05) is 13.8 Å². The number of hydrogen-bond donors (Lipinski definition) is 1. The van der Waals surface area contributed by atoms with Gasteiger partial charge in [0.05, 0.1) is 16.6 Å². The standard InChI is InChI=1S/C16H21N3O4S/c1-3-14-11(2)10-19(15(14)20)16(21)18-9-8-12-4-6-13(7-5-12)24(17,22)23/h4-7H,3,8-10H2,1-2H3,(H3,17,18,21,22,23)/p-1. The third-order valence-electron chi connectivity index (χ3n) is 3.94. The molecule has 1 aromatic rings. The lowest BCUT2D eigenvalue weighted by atomic mass is 10.1. The molecule has 1 heterocycles. The summed E-state index contributed by atoms with van der Waals surface area (Å²) in [5, 5.41) is 9.67. The van der Waals surface area contributed by atoms with E-state index in [0.717, 1.165) is 11.1 Å². The first-order chi connectivity index (χ1) is 11.2. The zero-order valence-corrected chi connectivity index (χ0v) is 14.4. The van der Waals surface area contributed by atoms with Gasteiger partial charge < -0.3 is 10.5 Å².